The molecule has 0 bridgehead atoms. The number of nitrogens with one attached hydrogen (secondary N) is 3. The van der Waals surface area contributed by atoms with Gasteiger partial charge in [0.2, 0.25) is 0 Å². The molecule has 4 heteroatoms. The Bertz CT molecular complexity index is 155. The van der Waals surface area contributed by atoms with Gasteiger partial charge in [0.15, 0.2) is 0 Å². The van der Waals surface area contributed by atoms with Crippen LogP contribution >= 0.6 is 0 Å². The van der Waals surface area contributed by atoms with E-state index in [0.717, 1.165) is 6.54 Å². The van der Waals surface area contributed by atoms with Gasteiger partial charge in [-0.3, -0.25) is 4.99 Å². The molecule has 1 saturated heterocycles. The van der Waals surface area contributed by atoms with Crippen LogP contribution in [0.25, 0.3) is 0 Å². The zero-order valence-corrected chi connectivity index (χ0v) is 5.31. The van der Waals surface area contributed by atoms with Crippen LogP contribution in [0.4, 0.5) is 0 Å². The van der Waals surface area contributed by atoms with E-state index in [1.54, 1.807) is 0 Å². The number of fused-ring (bicyclic) bond motifs is 1. The van der Waals surface area contributed by atoms with Crippen LogP contribution < -0.4 is 16.4 Å². The highest BCUT2D eigenvalue weighted by Crippen LogP contribution is 2.15. The van der Waals surface area contributed by atoms with Crippen molar-refractivity contribution >= 4 is 6.21 Å². The predicted octanol–water partition coefficient (Wildman–Crippen LogP) is -1.19. The molecule has 3 N–H and O–H groups in total. The Labute approximate surface area is 53.7 Å². The van der Waals surface area contributed by atoms with E-state index in [4.69, 9.17) is 0 Å². The average molecular weight is 126 g/mol. The van der Waals surface area contributed by atoms with Crippen molar-refractivity contribution in [3.63, 3.8) is 0 Å². The second-order valence-corrected chi connectivity index (χ2v) is 2.72. The molecule has 50 valence electrons. The van der Waals surface area contributed by atoms with Gasteiger partial charge in [0.1, 0.15) is 0 Å². The lowest BCUT2D eigenvalue weighted by molar-refractivity contribution is 0.505. The summed E-state index contributed by atoms with van der Waals surface area (Å²) in [6.07, 6.45) is 1.95. The summed E-state index contributed by atoms with van der Waals surface area (Å²) in [5, 5.41) is 0. The van der Waals surface area contributed by atoms with Crippen molar-refractivity contribution in [3.8, 4) is 0 Å². The molecule has 2 heterocycles. The molecule has 0 radical (unpaired) electrons. The molecule has 9 heavy (non-hydrogen) atoms. The van der Waals surface area contributed by atoms with Crippen LogP contribution in [0.1, 0.15) is 6.92 Å². The molecule has 0 spiro atoms. The van der Waals surface area contributed by atoms with Crippen molar-refractivity contribution in [2.75, 3.05) is 6.54 Å². The third-order valence-electron chi connectivity index (χ3n) is 1.95. The van der Waals surface area contributed by atoms with Crippen LogP contribution in [0.5, 0.6) is 0 Å². The lowest BCUT2D eigenvalue weighted by Crippen LogP contribution is -2.46. The normalized spacial score (nSPS) is 47.9. The average Bonchev–Trinajstić information content (AvgIpc) is 2.22. The molecule has 2 unspecified atom stereocenters. The van der Waals surface area contributed by atoms with Crippen molar-refractivity contribution in [2.45, 2.75) is 18.5 Å². The Morgan fingerprint density at radius 1 is 1.78 bits per heavy atom. The van der Waals surface area contributed by atoms with Gasteiger partial charge in [-0.2, -0.15) is 5.53 Å². The number of rotatable bonds is 0. The Hall–Kier alpha value is -0.450. The van der Waals surface area contributed by atoms with Gasteiger partial charge in [-0.25, -0.2) is 10.9 Å². The second kappa shape index (κ2) is 1.53. The maximum Gasteiger partial charge on any atom is 0.0838 e. The van der Waals surface area contributed by atoms with Gasteiger partial charge in [-0.1, -0.05) is 0 Å². The number of hydrogen-bond acceptors (Lipinski definition) is 4. The minimum Gasteiger partial charge on any atom is -0.294 e. The molecule has 0 aliphatic carbocycles. The molecular weight excluding hydrogens is 116 g/mol. The van der Waals surface area contributed by atoms with Gasteiger partial charge < -0.3 is 0 Å². The number of hydrazine groups is 2. The van der Waals surface area contributed by atoms with Crippen LogP contribution in [-0.4, -0.2) is 24.3 Å². The third-order valence-corrected chi connectivity index (χ3v) is 1.95. The lowest BCUT2D eigenvalue weighted by Gasteiger charge is -2.17. The molecular formula is C5H10N4. The lowest BCUT2D eigenvalue weighted by atomic mass is 9.99. The van der Waals surface area contributed by atoms with Crippen molar-refractivity contribution in [1.82, 2.24) is 16.4 Å². The summed E-state index contributed by atoms with van der Waals surface area (Å²) in [5.41, 5.74) is 9.07. The summed E-state index contributed by atoms with van der Waals surface area (Å²) >= 11 is 0. The topological polar surface area (TPSA) is 48.5 Å². The van der Waals surface area contributed by atoms with Gasteiger partial charge in [0, 0.05) is 6.21 Å². The molecule has 0 aromatic carbocycles. The maximum atomic E-state index is 4.15. The van der Waals surface area contributed by atoms with Crippen LogP contribution in [0, 0.1) is 0 Å². The monoisotopic (exact) mass is 126 g/mol. The molecule has 2 atom stereocenters. The van der Waals surface area contributed by atoms with Crippen LogP contribution in [-0.2, 0) is 0 Å². The van der Waals surface area contributed by atoms with Crippen molar-refractivity contribution in [3.05, 3.63) is 0 Å². The fraction of sp³-hybridized carbons (Fsp3) is 0.800. The first kappa shape index (κ1) is 5.34. The Morgan fingerprint density at radius 2 is 2.67 bits per heavy atom. The highest BCUT2D eigenvalue weighted by Gasteiger charge is 2.40. The number of hydrogen-bond donors (Lipinski definition) is 3. The van der Waals surface area contributed by atoms with Crippen LogP contribution in [0.15, 0.2) is 4.99 Å². The maximum absolute atomic E-state index is 4.15. The first-order valence-corrected chi connectivity index (χ1v) is 3.10. The van der Waals surface area contributed by atoms with Crippen LogP contribution in [0.2, 0.25) is 0 Å². The molecule has 0 amide bonds. The minimum atomic E-state index is 0.0417. The van der Waals surface area contributed by atoms with Gasteiger partial charge in [0.05, 0.1) is 18.1 Å². The van der Waals surface area contributed by atoms with E-state index < -0.39 is 0 Å². The molecule has 2 aliphatic rings. The third kappa shape index (κ3) is 0.608. The van der Waals surface area contributed by atoms with E-state index in [2.05, 4.69) is 28.3 Å². The Morgan fingerprint density at radius 3 is 3.44 bits per heavy atom. The van der Waals surface area contributed by atoms with E-state index in [-0.39, 0.29) is 5.54 Å². The van der Waals surface area contributed by atoms with Gasteiger partial charge in [-0.05, 0) is 6.92 Å². The molecule has 2 aliphatic heterocycles. The first-order valence-electron chi connectivity index (χ1n) is 3.10. The standard InChI is InChI=1S/C5H10N4/c1-5-3-6-2-4(5)7-9-8-5/h3-4,7-9H,2H2,1H3. The summed E-state index contributed by atoms with van der Waals surface area (Å²) < 4.78 is 0. The molecule has 1 fully saturated rings. The van der Waals surface area contributed by atoms with Crippen LogP contribution in [0.3, 0.4) is 0 Å². The fourth-order valence-corrected chi connectivity index (χ4v) is 1.20. The minimum absolute atomic E-state index is 0.0417. The highest BCUT2D eigenvalue weighted by atomic mass is 15.7. The molecule has 0 aromatic rings. The largest absolute Gasteiger partial charge is 0.294 e. The summed E-state index contributed by atoms with van der Waals surface area (Å²) in [6.45, 7) is 2.98. The van der Waals surface area contributed by atoms with E-state index in [1.807, 2.05) is 6.21 Å². The van der Waals surface area contributed by atoms with Crippen molar-refractivity contribution < 1.29 is 0 Å². The van der Waals surface area contributed by atoms with Gasteiger partial charge in [-0.15, -0.1) is 0 Å². The Balaban J connectivity index is 2.26. The SMILES string of the molecule is CC12C=NCC1NNN2. The Kier molecular flexibility index (Phi) is 0.908. The van der Waals surface area contributed by atoms with E-state index in [9.17, 15) is 0 Å². The van der Waals surface area contributed by atoms with Crippen molar-refractivity contribution in [1.29, 1.82) is 0 Å². The first-order chi connectivity index (χ1) is 4.31. The number of aliphatic imine (C=N–C) groups is 1. The second-order valence-electron chi connectivity index (χ2n) is 2.72. The smallest absolute Gasteiger partial charge is 0.0838 e. The summed E-state index contributed by atoms with van der Waals surface area (Å²) in [4.78, 5) is 4.15. The predicted molar refractivity (Wildman–Crippen MR) is 35.0 cm³/mol. The molecule has 0 aromatic heterocycles. The number of nitrogens with zero attached hydrogens (tertiary/aromatic N) is 1. The molecule has 4 nitrogen and oxygen atoms in total. The van der Waals surface area contributed by atoms with Crippen molar-refractivity contribution in [2.24, 2.45) is 4.99 Å². The van der Waals surface area contributed by atoms with Gasteiger partial charge in [0.25, 0.3) is 0 Å². The van der Waals surface area contributed by atoms with E-state index in [1.165, 1.54) is 0 Å². The van der Waals surface area contributed by atoms with E-state index in [0.29, 0.717) is 6.04 Å². The summed E-state index contributed by atoms with van der Waals surface area (Å²) in [7, 11) is 0. The van der Waals surface area contributed by atoms with Gasteiger partial charge >= 0.3 is 0 Å². The molecule has 0 saturated carbocycles. The quantitative estimate of drug-likeness (QED) is 0.382. The van der Waals surface area contributed by atoms with E-state index >= 15 is 0 Å². The fourth-order valence-electron chi connectivity index (χ4n) is 1.20. The zero-order chi connectivity index (χ0) is 6.32. The zero-order valence-electron chi connectivity index (χ0n) is 5.31. The molecule has 2 rings (SSSR count). The summed E-state index contributed by atoms with van der Waals surface area (Å²) in [6, 6.07) is 0.428. The highest BCUT2D eigenvalue weighted by molar-refractivity contribution is 5.74. The summed E-state index contributed by atoms with van der Waals surface area (Å²) in [5.74, 6) is 0.